The number of fused-ring (bicyclic) bond motifs is 1. The molecule has 172 valence electrons. The molecule has 0 amide bonds. The van der Waals surface area contributed by atoms with Gasteiger partial charge in [-0.2, -0.15) is 18.3 Å². The van der Waals surface area contributed by atoms with Crippen molar-refractivity contribution < 1.29 is 27.4 Å². The number of benzene rings is 2. The van der Waals surface area contributed by atoms with E-state index >= 15 is 0 Å². The number of methoxy groups -OCH3 is 2. The molecule has 0 aliphatic carbocycles. The fraction of sp³-hybridized carbons (Fsp3) is 0.250. The van der Waals surface area contributed by atoms with Gasteiger partial charge in [-0.25, -0.2) is 9.50 Å². The zero-order chi connectivity index (χ0) is 23.8. The summed E-state index contributed by atoms with van der Waals surface area (Å²) in [6, 6.07) is 12.9. The lowest BCUT2D eigenvalue weighted by Gasteiger charge is -2.13. The first-order valence-corrected chi connectivity index (χ1v) is 10.2. The van der Waals surface area contributed by atoms with Crippen molar-refractivity contribution >= 4 is 5.65 Å². The lowest BCUT2D eigenvalue weighted by Crippen LogP contribution is -2.13. The van der Waals surface area contributed by atoms with Crippen molar-refractivity contribution in [1.29, 1.82) is 0 Å². The predicted octanol–water partition coefficient (Wildman–Crippen LogP) is 5.89. The third-order valence-electron chi connectivity index (χ3n) is 4.98. The monoisotopic (exact) mass is 457 g/mol. The predicted molar refractivity (Wildman–Crippen MR) is 118 cm³/mol. The maximum absolute atomic E-state index is 13.9. The van der Waals surface area contributed by atoms with E-state index in [2.05, 4.69) is 10.1 Å². The number of halogens is 3. The van der Waals surface area contributed by atoms with Gasteiger partial charge in [-0.05, 0) is 61.9 Å². The Bertz CT molecular complexity index is 1280. The molecule has 0 atom stereocenters. The quantitative estimate of drug-likeness (QED) is 0.362. The van der Waals surface area contributed by atoms with E-state index in [1.807, 2.05) is 13.8 Å². The number of ether oxygens (including phenoxy) is 3. The molecule has 0 aliphatic heterocycles. The summed E-state index contributed by atoms with van der Waals surface area (Å²) in [5.41, 5.74) is 0.891. The van der Waals surface area contributed by atoms with Gasteiger partial charge >= 0.3 is 6.18 Å². The Hall–Kier alpha value is -3.75. The summed E-state index contributed by atoms with van der Waals surface area (Å²) in [6.45, 7) is 3.79. The van der Waals surface area contributed by atoms with Crippen LogP contribution in [0.1, 0.15) is 19.5 Å². The Balaban J connectivity index is 1.88. The van der Waals surface area contributed by atoms with Gasteiger partial charge in [0, 0.05) is 11.1 Å². The van der Waals surface area contributed by atoms with E-state index in [1.165, 1.54) is 20.4 Å². The highest BCUT2D eigenvalue weighted by Gasteiger charge is 2.35. The second kappa shape index (κ2) is 8.65. The van der Waals surface area contributed by atoms with Crippen LogP contribution in [0.5, 0.6) is 17.2 Å². The summed E-state index contributed by atoms with van der Waals surface area (Å²) < 4.78 is 58.7. The van der Waals surface area contributed by atoms with E-state index < -0.39 is 11.9 Å². The standard InChI is InChI=1S/C24H22F3N3O3/c1-14(2)33-17-8-5-15(6-9-17)19-12-22(24(25,26)27)30-23(29-19)18(13-28-30)16-7-10-20(31-3)21(11-16)32-4/h5-14H,1-4H3. The molecule has 2 heterocycles. The molecule has 4 rings (SSSR count). The lowest BCUT2D eigenvalue weighted by atomic mass is 10.1. The lowest BCUT2D eigenvalue weighted by molar-refractivity contribution is -0.142. The maximum atomic E-state index is 13.9. The molecular weight excluding hydrogens is 435 g/mol. The van der Waals surface area contributed by atoms with Gasteiger partial charge in [0.1, 0.15) is 5.75 Å². The number of alkyl halides is 3. The van der Waals surface area contributed by atoms with Crippen LogP contribution in [0.25, 0.3) is 28.0 Å². The van der Waals surface area contributed by atoms with Crippen LogP contribution >= 0.6 is 0 Å². The second-order valence-electron chi connectivity index (χ2n) is 7.58. The zero-order valence-electron chi connectivity index (χ0n) is 18.5. The average molecular weight is 457 g/mol. The van der Waals surface area contributed by atoms with Crippen LogP contribution in [0, 0.1) is 0 Å². The van der Waals surface area contributed by atoms with E-state index in [9.17, 15) is 13.2 Å². The number of hydrogen-bond acceptors (Lipinski definition) is 5. The zero-order valence-corrected chi connectivity index (χ0v) is 18.5. The second-order valence-corrected chi connectivity index (χ2v) is 7.58. The van der Waals surface area contributed by atoms with E-state index in [-0.39, 0.29) is 17.4 Å². The van der Waals surface area contributed by atoms with Crippen LogP contribution in [0.2, 0.25) is 0 Å². The fourth-order valence-corrected chi connectivity index (χ4v) is 3.50. The molecule has 6 nitrogen and oxygen atoms in total. The fourth-order valence-electron chi connectivity index (χ4n) is 3.50. The molecule has 0 saturated heterocycles. The van der Waals surface area contributed by atoms with E-state index in [1.54, 1.807) is 42.5 Å². The van der Waals surface area contributed by atoms with Gasteiger partial charge in [0.05, 0.1) is 32.2 Å². The third kappa shape index (κ3) is 4.44. The van der Waals surface area contributed by atoms with Gasteiger partial charge in [-0.1, -0.05) is 6.07 Å². The van der Waals surface area contributed by atoms with E-state index in [0.717, 1.165) is 10.6 Å². The SMILES string of the molecule is COc1ccc(-c2cnn3c(C(F)(F)F)cc(-c4ccc(OC(C)C)cc4)nc23)cc1OC. The minimum absolute atomic E-state index is 0.0157. The van der Waals surface area contributed by atoms with Crippen molar-refractivity contribution in [2.75, 3.05) is 14.2 Å². The molecule has 0 bridgehead atoms. The molecule has 4 aromatic rings. The van der Waals surface area contributed by atoms with Crippen molar-refractivity contribution in [1.82, 2.24) is 14.6 Å². The minimum Gasteiger partial charge on any atom is -0.493 e. The van der Waals surface area contributed by atoms with Gasteiger partial charge < -0.3 is 14.2 Å². The van der Waals surface area contributed by atoms with Crippen LogP contribution in [0.4, 0.5) is 13.2 Å². The maximum Gasteiger partial charge on any atom is 0.433 e. The third-order valence-corrected chi connectivity index (χ3v) is 4.98. The highest BCUT2D eigenvalue weighted by atomic mass is 19.4. The van der Waals surface area contributed by atoms with E-state index in [0.29, 0.717) is 33.9 Å². The molecule has 2 aromatic heterocycles. The smallest absolute Gasteiger partial charge is 0.433 e. The van der Waals surface area contributed by atoms with Crippen LogP contribution in [0.15, 0.2) is 54.7 Å². The summed E-state index contributed by atoms with van der Waals surface area (Å²) in [4.78, 5) is 4.53. The molecule has 0 aliphatic rings. The highest BCUT2D eigenvalue weighted by molar-refractivity contribution is 5.80. The van der Waals surface area contributed by atoms with E-state index in [4.69, 9.17) is 14.2 Å². The Morgan fingerprint density at radius 1 is 0.879 bits per heavy atom. The topological polar surface area (TPSA) is 57.9 Å². The molecule has 2 aromatic carbocycles. The largest absolute Gasteiger partial charge is 0.493 e. The Labute approximate surface area is 188 Å². The normalized spacial score (nSPS) is 11.8. The summed E-state index contributed by atoms with van der Waals surface area (Å²) in [6.07, 6.45) is -3.28. The van der Waals surface area contributed by atoms with Gasteiger partial charge in [-0.15, -0.1) is 0 Å². The molecule has 33 heavy (non-hydrogen) atoms. The van der Waals surface area contributed by atoms with Crippen molar-refractivity contribution in [3.8, 4) is 39.6 Å². The first-order chi connectivity index (χ1) is 15.7. The van der Waals surface area contributed by atoms with Crippen molar-refractivity contribution in [2.45, 2.75) is 26.1 Å². The van der Waals surface area contributed by atoms with Gasteiger partial charge in [0.2, 0.25) is 0 Å². The van der Waals surface area contributed by atoms with Crippen LogP contribution < -0.4 is 14.2 Å². The Morgan fingerprint density at radius 3 is 2.15 bits per heavy atom. The molecule has 9 heteroatoms. The summed E-state index contributed by atoms with van der Waals surface area (Å²) in [5.74, 6) is 1.58. The van der Waals surface area contributed by atoms with Crippen molar-refractivity contribution in [3.63, 3.8) is 0 Å². The van der Waals surface area contributed by atoms with Crippen LogP contribution in [0.3, 0.4) is 0 Å². The molecule has 0 saturated carbocycles. The minimum atomic E-state index is -4.63. The van der Waals surface area contributed by atoms with Crippen molar-refractivity contribution in [3.05, 3.63) is 60.4 Å². The average Bonchev–Trinajstić information content (AvgIpc) is 3.21. The van der Waals surface area contributed by atoms with Crippen LogP contribution in [-0.4, -0.2) is 34.9 Å². The Morgan fingerprint density at radius 2 is 1.55 bits per heavy atom. The first kappa shape index (κ1) is 22.4. The number of hydrogen-bond donors (Lipinski definition) is 0. The number of rotatable bonds is 6. The van der Waals surface area contributed by atoms with Crippen molar-refractivity contribution in [2.24, 2.45) is 0 Å². The first-order valence-electron chi connectivity index (χ1n) is 10.2. The van der Waals surface area contributed by atoms with Gasteiger partial charge in [-0.3, -0.25) is 0 Å². The molecule has 0 unspecified atom stereocenters. The molecule has 0 N–H and O–H groups in total. The van der Waals surface area contributed by atoms with Gasteiger partial charge in [0.15, 0.2) is 22.8 Å². The molecule has 0 fully saturated rings. The number of aromatic nitrogens is 3. The van der Waals surface area contributed by atoms with Gasteiger partial charge in [0.25, 0.3) is 0 Å². The Kier molecular flexibility index (Phi) is 5.88. The molecular formula is C24H22F3N3O3. The summed E-state index contributed by atoms with van der Waals surface area (Å²) in [7, 11) is 3.00. The highest BCUT2D eigenvalue weighted by Crippen LogP contribution is 2.37. The molecule has 0 radical (unpaired) electrons. The summed E-state index contributed by atoms with van der Waals surface area (Å²) in [5, 5.41) is 3.98. The van der Waals surface area contributed by atoms with Crippen LogP contribution in [-0.2, 0) is 6.18 Å². The summed E-state index contributed by atoms with van der Waals surface area (Å²) >= 11 is 0. The molecule has 0 spiro atoms. The number of nitrogens with zero attached hydrogens (tertiary/aromatic N) is 3.